The Labute approximate surface area is 127 Å². The molecule has 0 fully saturated rings. The maximum atomic E-state index is 5.72. The highest BCUT2D eigenvalue weighted by Crippen LogP contribution is 2.13. The molecule has 0 heterocycles. The molecule has 112 valence electrons. The normalized spacial score (nSPS) is 10.6. The van der Waals surface area contributed by atoms with Gasteiger partial charge in [-0.05, 0) is 49.6 Å². The first kappa shape index (κ1) is 15.6. The number of hydrogen-bond donors (Lipinski definition) is 0. The highest BCUT2D eigenvalue weighted by Gasteiger charge is 1.99. The van der Waals surface area contributed by atoms with E-state index in [4.69, 9.17) is 9.47 Å². The predicted octanol–water partition coefficient (Wildman–Crippen LogP) is 4.60. The summed E-state index contributed by atoms with van der Waals surface area (Å²) >= 11 is 0. The van der Waals surface area contributed by atoms with Gasteiger partial charge in [0.05, 0.1) is 19.8 Å². The summed E-state index contributed by atoms with van der Waals surface area (Å²) < 4.78 is 11.4. The van der Waals surface area contributed by atoms with E-state index in [2.05, 4.69) is 51.1 Å². The van der Waals surface area contributed by atoms with Gasteiger partial charge in [-0.2, -0.15) is 0 Å². The average Bonchev–Trinajstić information content (AvgIpc) is 2.44. The minimum absolute atomic E-state index is 0.677. The Hall–Kier alpha value is -1.80. The molecular formula is C19H24O2. The standard InChI is InChI=1S/C19H24O2/c1-15-6-4-7-19(13-15)21-11-5-10-20-14-18-9-8-16(2)12-17(18)3/h4,6-9,12-13H,5,10-11,14H2,1-3H3. The molecule has 0 radical (unpaired) electrons. The van der Waals surface area contributed by atoms with Gasteiger partial charge in [-0.25, -0.2) is 0 Å². The molecular weight excluding hydrogens is 260 g/mol. The van der Waals surface area contributed by atoms with Crippen molar-refractivity contribution in [3.05, 3.63) is 64.7 Å². The van der Waals surface area contributed by atoms with E-state index in [-0.39, 0.29) is 0 Å². The summed E-state index contributed by atoms with van der Waals surface area (Å²) in [5.41, 5.74) is 5.08. The van der Waals surface area contributed by atoms with Gasteiger partial charge in [-0.1, -0.05) is 35.9 Å². The summed E-state index contributed by atoms with van der Waals surface area (Å²) in [7, 11) is 0. The lowest BCUT2D eigenvalue weighted by Gasteiger charge is -2.09. The molecule has 2 aromatic rings. The molecule has 0 saturated carbocycles. The van der Waals surface area contributed by atoms with Crippen molar-refractivity contribution in [2.75, 3.05) is 13.2 Å². The van der Waals surface area contributed by atoms with Gasteiger partial charge >= 0.3 is 0 Å². The highest BCUT2D eigenvalue weighted by molar-refractivity contribution is 5.29. The molecule has 2 aromatic carbocycles. The van der Waals surface area contributed by atoms with Gasteiger partial charge in [0.15, 0.2) is 0 Å². The van der Waals surface area contributed by atoms with Gasteiger partial charge in [0.1, 0.15) is 5.75 Å². The van der Waals surface area contributed by atoms with Gasteiger partial charge in [0.2, 0.25) is 0 Å². The lowest BCUT2D eigenvalue weighted by molar-refractivity contribution is 0.107. The number of aryl methyl sites for hydroxylation is 3. The first-order chi connectivity index (χ1) is 10.1. The Morgan fingerprint density at radius 3 is 2.43 bits per heavy atom. The maximum Gasteiger partial charge on any atom is 0.119 e. The van der Waals surface area contributed by atoms with Crippen molar-refractivity contribution in [1.82, 2.24) is 0 Å². The van der Waals surface area contributed by atoms with E-state index >= 15 is 0 Å². The van der Waals surface area contributed by atoms with E-state index < -0.39 is 0 Å². The SMILES string of the molecule is Cc1cccc(OCCCOCc2ccc(C)cc2C)c1. The van der Waals surface area contributed by atoms with E-state index in [0.717, 1.165) is 18.8 Å². The summed E-state index contributed by atoms with van der Waals surface area (Å²) in [6.45, 7) is 8.40. The van der Waals surface area contributed by atoms with Crippen molar-refractivity contribution in [3.63, 3.8) is 0 Å². The van der Waals surface area contributed by atoms with Crippen LogP contribution in [-0.2, 0) is 11.3 Å². The van der Waals surface area contributed by atoms with Crippen LogP contribution in [0.1, 0.15) is 28.7 Å². The fourth-order valence-corrected chi connectivity index (χ4v) is 2.25. The molecule has 0 atom stereocenters. The zero-order valence-corrected chi connectivity index (χ0v) is 13.2. The Morgan fingerprint density at radius 1 is 0.857 bits per heavy atom. The van der Waals surface area contributed by atoms with Crippen LogP contribution in [0.3, 0.4) is 0 Å². The van der Waals surface area contributed by atoms with Crippen molar-refractivity contribution in [2.24, 2.45) is 0 Å². The van der Waals surface area contributed by atoms with Crippen LogP contribution in [-0.4, -0.2) is 13.2 Å². The Bertz CT molecular complexity index is 576. The summed E-state index contributed by atoms with van der Waals surface area (Å²) in [6.07, 6.45) is 0.902. The van der Waals surface area contributed by atoms with Crippen molar-refractivity contribution >= 4 is 0 Å². The van der Waals surface area contributed by atoms with E-state index in [1.165, 1.54) is 22.3 Å². The van der Waals surface area contributed by atoms with Crippen LogP contribution in [0.2, 0.25) is 0 Å². The maximum absolute atomic E-state index is 5.72. The smallest absolute Gasteiger partial charge is 0.119 e. The monoisotopic (exact) mass is 284 g/mol. The van der Waals surface area contributed by atoms with E-state index in [0.29, 0.717) is 13.2 Å². The Morgan fingerprint density at radius 2 is 1.67 bits per heavy atom. The van der Waals surface area contributed by atoms with Crippen LogP contribution in [0.4, 0.5) is 0 Å². The summed E-state index contributed by atoms with van der Waals surface area (Å²) in [5.74, 6) is 0.935. The predicted molar refractivity (Wildman–Crippen MR) is 86.9 cm³/mol. The molecule has 0 amide bonds. The number of benzene rings is 2. The van der Waals surface area contributed by atoms with E-state index in [1.807, 2.05) is 12.1 Å². The van der Waals surface area contributed by atoms with Crippen LogP contribution >= 0.6 is 0 Å². The molecule has 0 aliphatic rings. The first-order valence-corrected chi connectivity index (χ1v) is 7.48. The molecule has 0 aromatic heterocycles. The van der Waals surface area contributed by atoms with Crippen LogP contribution in [0.15, 0.2) is 42.5 Å². The van der Waals surface area contributed by atoms with Gasteiger partial charge < -0.3 is 9.47 Å². The quantitative estimate of drug-likeness (QED) is 0.692. The lowest BCUT2D eigenvalue weighted by Crippen LogP contribution is -2.04. The van der Waals surface area contributed by atoms with Crippen molar-refractivity contribution in [1.29, 1.82) is 0 Å². The zero-order valence-electron chi connectivity index (χ0n) is 13.2. The molecule has 2 rings (SSSR count). The van der Waals surface area contributed by atoms with Crippen LogP contribution in [0.25, 0.3) is 0 Å². The number of ether oxygens (including phenoxy) is 2. The number of rotatable bonds is 7. The van der Waals surface area contributed by atoms with Gasteiger partial charge in [-0.3, -0.25) is 0 Å². The zero-order chi connectivity index (χ0) is 15.1. The topological polar surface area (TPSA) is 18.5 Å². The minimum atomic E-state index is 0.677. The first-order valence-electron chi connectivity index (χ1n) is 7.48. The second-order valence-electron chi connectivity index (χ2n) is 5.50. The van der Waals surface area contributed by atoms with Crippen molar-refractivity contribution in [2.45, 2.75) is 33.8 Å². The second kappa shape index (κ2) is 7.84. The van der Waals surface area contributed by atoms with Gasteiger partial charge in [0, 0.05) is 6.42 Å². The van der Waals surface area contributed by atoms with E-state index in [9.17, 15) is 0 Å². The summed E-state index contributed by atoms with van der Waals surface area (Å²) in [5, 5.41) is 0. The molecule has 0 aliphatic heterocycles. The molecule has 0 bridgehead atoms. The van der Waals surface area contributed by atoms with Crippen molar-refractivity contribution in [3.8, 4) is 5.75 Å². The fraction of sp³-hybridized carbons (Fsp3) is 0.368. The fourth-order valence-electron chi connectivity index (χ4n) is 2.25. The largest absolute Gasteiger partial charge is 0.493 e. The third-order valence-corrected chi connectivity index (χ3v) is 3.45. The summed E-state index contributed by atoms with van der Waals surface area (Å²) in [4.78, 5) is 0. The van der Waals surface area contributed by atoms with Crippen LogP contribution in [0.5, 0.6) is 5.75 Å². The minimum Gasteiger partial charge on any atom is -0.493 e. The third kappa shape index (κ3) is 5.24. The van der Waals surface area contributed by atoms with Gasteiger partial charge in [0.25, 0.3) is 0 Å². The Kier molecular flexibility index (Phi) is 5.82. The summed E-state index contributed by atoms with van der Waals surface area (Å²) in [6, 6.07) is 14.6. The molecule has 2 heteroatoms. The third-order valence-electron chi connectivity index (χ3n) is 3.45. The molecule has 0 spiro atoms. The van der Waals surface area contributed by atoms with Crippen molar-refractivity contribution < 1.29 is 9.47 Å². The second-order valence-corrected chi connectivity index (χ2v) is 5.50. The van der Waals surface area contributed by atoms with Gasteiger partial charge in [-0.15, -0.1) is 0 Å². The Balaban J connectivity index is 1.64. The molecule has 0 N–H and O–H groups in total. The number of hydrogen-bond acceptors (Lipinski definition) is 2. The molecule has 21 heavy (non-hydrogen) atoms. The van der Waals surface area contributed by atoms with Crippen LogP contribution in [0, 0.1) is 20.8 Å². The lowest BCUT2D eigenvalue weighted by atomic mass is 10.1. The molecule has 0 aliphatic carbocycles. The molecule has 2 nitrogen and oxygen atoms in total. The average molecular weight is 284 g/mol. The molecule has 0 saturated heterocycles. The highest BCUT2D eigenvalue weighted by atomic mass is 16.5. The van der Waals surface area contributed by atoms with Crippen LogP contribution < -0.4 is 4.74 Å². The molecule has 0 unspecified atom stereocenters. The van der Waals surface area contributed by atoms with E-state index in [1.54, 1.807) is 0 Å².